The van der Waals surface area contributed by atoms with Crippen molar-refractivity contribution in [2.45, 2.75) is 44.2 Å². The van der Waals surface area contributed by atoms with Crippen LogP contribution in [0.3, 0.4) is 0 Å². The highest BCUT2D eigenvalue weighted by Crippen LogP contribution is 2.33. The Morgan fingerprint density at radius 3 is 2.62 bits per heavy atom. The summed E-state index contributed by atoms with van der Waals surface area (Å²) in [7, 11) is 0. The van der Waals surface area contributed by atoms with Crippen LogP contribution in [0.25, 0.3) is 0 Å². The smallest absolute Gasteiger partial charge is 0.183 e. The van der Waals surface area contributed by atoms with Crippen LogP contribution in [0, 0.1) is 0 Å². The second kappa shape index (κ2) is 2.90. The second-order valence-corrected chi connectivity index (χ2v) is 3.85. The number of aliphatic hydroxyl groups excluding tert-OH is 2. The zero-order chi connectivity index (χ0) is 9.64. The lowest BCUT2D eigenvalue weighted by atomic mass is 10.1. The van der Waals surface area contributed by atoms with Crippen molar-refractivity contribution in [3.63, 3.8) is 0 Å². The van der Waals surface area contributed by atoms with Crippen LogP contribution in [-0.4, -0.2) is 47.2 Å². The first kappa shape index (κ1) is 9.36. The minimum Gasteiger partial charge on any atom is -0.385 e. The summed E-state index contributed by atoms with van der Waals surface area (Å²) in [6.45, 7) is 3.79. The average molecular weight is 190 g/mol. The molecule has 0 saturated carbocycles. The van der Waals surface area contributed by atoms with Gasteiger partial charge in [-0.05, 0) is 13.8 Å². The van der Waals surface area contributed by atoms with Gasteiger partial charge in [0.25, 0.3) is 0 Å². The Bertz CT molecular complexity index is 205. The first-order valence-electron chi connectivity index (χ1n) is 4.33. The number of fused-ring (bicyclic) bond motifs is 1. The molecule has 2 unspecified atom stereocenters. The van der Waals surface area contributed by atoms with Crippen LogP contribution in [0.15, 0.2) is 0 Å². The maximum atomic E-state index is 9.50. The Labute approximate surface area is 76.2 Å². The molecule has 0 amide bonds. The lowest BCUT2D eigenvalue weighted by Crippen LogP contribution is -2.51. The van der Waals surface area contributed by atoms with Gasteiger partial charge >= 0.3 is 0 Å². The third-order valence-corrected chi connectivity index (χ3v) is 2.28. The Morgan fingerprint density at radius 1 is 1.23 bits per heavy atom. The molecule has 2 N–H and O–H groups in total. The van der Waals surface area contributed by atoms with E-state index in [4.69, 9.17) is 14.2 Å². The van der Waals surface area contributed by atoms with Gasteiger partial charge in [-0.1, -0.05) is 0 Å². The minimum absolute atomic E-state index is 0.256. The van der Waals surface area contributed by atoms with Crippen LogP contribution >= 0.6 is 0 Å². The van der Waals surface area contributed by atoms with Gasteiger partial charge in [-0.2, -0.15) is 0 Å². The molecule has 2 rings (SSSR count). The summed E-state index contributed by atoms with van der Waals surface area (Å²) in [5.74, 6) is -0.705. The summed E-state index contributed by atoms with van der Waals surface area (Å²) < 4.78 is 15.8. The third kappa shape index (κ3) is 1.58. The van der Waals surface area contributed by atoms with Crippen molar-refractivity contribution in [3.05, 3.63) is 0 Å². The number of ether oxygens (including phenoxy) is 3. The second-order valence-electron chi connectivity index (χ2n) is 3.85. The van der Waals surface area contributed by atoms with Crippen LogP contribution < -0.4 is 0 Å². The Morgan fingerprint density at radius 2 is 1.92 bits per heavy atom. The number of hydrogen-bond donors (Lipinski definition) is 2. The first-order chi connectivity index (χ1) is 5.99. The van der Waals surface area contributed by atoms with E-state index < -0.39 is 24.3 Å². The highest BCUT2D eigenvalue weighted by molar-refractivity contribution is 4.90. The summed E-state index contributed by atoms with van der Waals surface area (Å²) in [5.41, 5.74) is 0. The normalized spacial score (nSPS) is 48.9. The molecule has 5 nitrogen and oxygen atoms in total. The first-order valence-corrected chi connectivity index (χ1v) is 4.33. The highest BCUT2D eigenvalue weighted by atomic mass is 16.8. The van der Waals surface area contributed by atoms with Crippen molar-refractivity contribution in [1.82, 2.24) is 0 Å². The zero-order valence-corrected chi connectivity index (χ0v) is 7.64. The number of hydrogen-bond acceptors (Lipinski definition) is 5. The quantitative estimate of drug-likeness (QED) is 0.524. The molecule has 0 radical (unpaired) electrons. The summed E-state index contributed by atoms with van der Waals surface area (Å²) in [6, 6.07) is 0. The molecule has 2 fully saturated rings. The van der Waals surface area contributed by atoms with E-state index in [-0.39, 0.29) is 12.7 Å². The van der Waals surface area contributed by atoms with Crippen LogP contribution in [0.4, 0.5) is 0 Å². The maximum absolute atomic E-state index is 9.50. The number of aliphatic hydroxyl groups is 2. The minimum atomic E-state index is -1.17. The van der Waals surface area contributed by atoms with Gasteiger partial charge in [-0.15, -0.1) is 0 Å². The van der Waals surface area contributed by atoms with Crippen molar-refractivity contribution in [1.29, 1.82) is 0 Å². The molecule has 0 bridgehead atoms. The van der Waals surface area contributed by atoms with E-state index in [1.54, 1.807) is 13.8 Å². The van der Waals surface area contributed by atoms with Gasteiger partial charge in [0.15, 0.2) is 12.1 Å². The highest BCUT2D eigenvalue weighted by Gasteiger charge is 2.50. The van der Waals surface area contributed by atoms with E-state index in [0.717, 1.165) is 0 Å². The van der Waals surface area contributed by atoms with Crippen LogP contribution in [0.1, 0.15) is 13.8 Å². The Kier molecular flexibility index (Phi) is 2.08. The van der Waals surface area contributed by atoms with Gasteiger partial charge in [0.1, 0.15) is 18.3 Å². The van der Waals surface area contributed by atoms with Gasteiger partial charge in [-0.25, -0.2) is 0 Å². The molecule has 2 heterocycles. The summed E-state index contributed by atoms with van der Waals surface area (Å²) >= 11 is 0. The standard InChI is InChI=1S/C8H14O5/c1-8(2)12-4-3-11-7(10)5(9)6(4)13-8/h4-7,9-10H,3H2,1-2H3/t4-,5?,6+,7?/m1/s1. The molecule has 2 saturated heterocycles. The third-order valence-electron chi connectivity index (χ3n) is 2.28. The maximum Gasteiger partial charge on any atom is 0.183 e. The average Bonchev–Trinajstić information content (AvgIpc) is 2.34. The summed E-state index contributed by atoms with van der Waals surface area (Å²) in [4.78, 5) is 0. The van der Waals surface area contributed by atoms with Crippen molar-refractivity contribution in [3.8, 4) is 0 Å². The van der Waals surface area contributed by atoms with Crippen LogP contribution in [-0.2, 0) is 14.2 Å². The summed E-state index contributed by atoms with van der Waals surface area (Å²) in [6.07, 6.45) is -2.97. The van der Waals surface area contributed by atoms with Gasteiger partial charge in [0.2, 0.25) is 0 Å². The molecule has 2 aliphatic heterocycles. The van der Waals surface area contributed by atoms with E-state index >= 15 is 0 Å². The topological polar surface area (TPSA) is 68.2 Å². The fraction of sp³-hybridized carbons (Fsp3) is 1.00. The largest absolute Gasteiger partial charge is 0.385 e. The molecule has 2 aliphatic rings. The lowest BCUT2D eigenvalue weighted by molar-refractivity contribution is -0.230. The van der Waals surface area contributed by atoms with Gasteiger partial charge in [0.05, 0.1) is 6.61 Å². The fourth-order valence-corrected chi connectivity index (χ4v) is 1.74. The van der Waals surface area contributed by atoms with Gasteiger partial charge in [-0.3, -0.25) is 0 Å². The van der Waals surface area contributed by atoms with Crippen molar-refractivity contribution in [2.75, 3.05) is 6.61 Å². The molecule has 13 heavy (non-hydrogen) atoms. The molecular weight excluding hydrogens is 176 g/mol. The van der Waals surface area contributed by atoms with Crippen LogP contribution in [0.2, 0.25) is 0 Å². The van der Waals surface area contributed by atoms with E-state index in [2.05, 4.69) is 0 Å². The van der Waals surface area contributed by atoms with E-state index in [1.807, 2.05) is 0 Å². The Balaban J connectivity index is 2.11. The van der Waals surface area contributed by atoms with Crippen LogP contribution in [0.5, 0.6) is 0 Å². The number of rotatable bonds is 0. The van der Waals surface area contributed by atoms with Crippen molar-refractivity contribution in [2.24, 2.45) is 0 Å². The van der Waals surface area contributed by atoms with Crippen molar-refractivity contribution >= 4 is 0 Å². The molecule has 5 heteroatoms. The van der Waals surface area contributed by atoms with E-state index in [1.165, 1.54) is 0 Å². The molecule has 0 spiro atoms. The monoisotopic (exact) mass is 190 g/mol. The van der Waals surface area contributed by atoms with Gasteiger partial charge in [0, 0.05) is 0 Å². The SMILES string of the molecule is CC1(C)O[C@@H]2C(O)C(O)OC[C@H]2O1. The molecule has 76 valence electrons. The fourth-order valence-electron chi connectivity index (χ4n) is 1.74. The predicted octanol–water partition coefficient (Wildman–Crippen LogP) is -0.784. The Hall–Kier alpha value is -0.200. The molecule has 0 aromatic heterocycles. The van der Waals surface area contributed by atoms with Gasteiger partial charge < -0.3 is 24.4 Å². The predicted molar refractivity (Wildman–Crippen MR) is 41.8 cm³/mol. The lowest BCUT2D eigenvalue weighted by Gasteiger charge is -2.31. The van der Waals surface area contributed by atoms with E-state index in [9.17, 15) is 10.2 Å². The van der Waals surface area contributed by atoms with E-state index in [0.29, 0.717) is 0 Å². The van der Waals surface area contributed by atoms with Crippen molar-refractivity contribution < 1.29 is 24.4 Å². The summed E-state index contributed by atoms with van der Waals surface area (Å²) in [5, 5.41) is 18.7. The molecular formula is C8H14O5. The molecule has 0 aromatic rings. The molecule has 4 atom stereocenters. The molecule has 0 aromatic carbocycles. The molecule has 0 aliphatic carbocycles. The zero-order valence-electron chi connectivity index (χ0n) is 7.64.